The maximum Gasteiger partial charge on any atom is 0.301 e. The van der Waals surface area contributed by atoms with E-state index in [1.54, 1.807) is 0 Å². The van der Waals surface area contributed by atoms with Gasteiger partial charge in [-0.05, 0) is 74.2 Å². The van der Waals surface area contributed by atoms with Crippen LogP contribution in [-0.4, -0.2) is 28.4 Å². The number of aromatic nitrogens is 1. The van der Waals surface area contributed by atoms with Crippen molar-refractivity contribution in [3.05, 3.63) is 94.1 Å². The first-order valence-electron chi connectivity index (χ1n) is 13.3. The van der Waals surface area contributed by atoms with E-state index in [2.05, 4.69) is 6.92 Å². The molecule has 1 amide bonds. The van der Waals surface area contributed by atoms with Crippen LogP contribution in [0.15, 0.2) is 66.2 Å². The lowest BCUT2D eigenvalue weighted by atomic mass is 9.93. The largest absolute Gasteiger partial charge is 0.507 e. The Bertz CT molecular complexity index is 1590. The zero-order chi connectivity index (χ0) is 27.7. The molecule has 39 heavy (non-hydrogen) atoms. The average molecular weight is 541 g/mol. The molecule has 7 heteroatoms. The van der Waals surface area contributed by atoms with Crippen LogP contribution in [0.1, 0.15) is 60.0 Å². The molecule has 0 spiro atoms. The zero-order valence-corrected chi connectivity index (χ0v) is 23.5. The summed E-state index contributed by atoms with van der Waals surface area (Å²) in [5.74, 6) is -0.896. The number of aliphatic hydroxyl groups excluding tert-OH is 1. The van der Waals surface area contributed by atoms with Crippen molar-refractivity contribution < 1.29 is 19.4 Å². The van der Waals surface area contributed by atoms with E-state index in [0.29, 0.717) is 22.9 Å². The summed E-state index contributed by atoms with van der Waals surface area (Å²) in [6.45, 7) is 8.58. The van der Waals surface area contributed by atoms with Crippen molar-refractivity contribution in [2.24, 2.45) is 0 Å². The fourth-order valence-corrected chi connectivity index (χ4v) is 5.98. The number of anilines is 1. The van der Waals surface area contributed by atoms with Crippen molar-refractivity contribution in [1.82, 2.24) is 4.98 Å². The quantitative estimate of drug-likeness (QED) is 0.109. The minimum atomic E-state index is -0.833. The van der Waals surface area contributed by atoms with Crippen molar-refractivity contribution in [1.29, 1.82) is 0 Å². The molecule has 6 nitrogen and oxygen atoms in total. The van der Waals surface area contributed by atoms with Crippen LogP contribution in [0.2, 0.25) is 0 Å². The van der Waals surface area contributed by atoms with E-state index in [0.717, 1.165) is 51.9 Å². The van der Waals surface area contributed by atoms with Gasteiger partial charge in [0.2, 0.25) is 0 Å². The molecular weight excluding hydrogens is 508 g/mol. The van der Waals surface area contributed by atoms with Crippen molar-refractivity contribution in [2.75, 3.05) is 11.5 Å². The van der Waals surface area contributed by atoms with E-state index in [4.69, 9.17) is 9.72 Å². The molecule has 1 aliphatic heterocycles. The lowest BCUT2D eigenvalue weighted by molar-refractivity contribution is -0.132. The zero-order valence-electron chi connectivity index (χ0n) is 22.7. The Kier molecular flexibility index (Phi) is 7.53. The number of thiazole rings is 1. The summed E-state index contributed by atoms with van der Waals surface area (Å²) in [5, 5.41) is 12.0. The Morgan fingerprint density at radius 2 is 1.69 bits per heavy atom. The molecule has 0 radical (unpaired) electrons. The fourth-order valence-electron chi connectivity index (χ4n) is 4.89. The number of hydrogen-bond donors (Lipinski definition) is 1. The third kappa shape index (κ3) is 5.19. The Morgan fingerprint density at radius 1 is 0.974 bits per heavy atom. The Balaban J connectivity index is 1.63. The van der Waals surface area contributed by atoms with E-state index < -0.39 is 17.7 Å². The monoisotopic (exact) mass is 540 g/mol. The molecule has 3 aromatic carbocycles. The van der Waals surface area contributed by atoms with Crippen LogP contribution in [0, 0.1) is 20.8 Å². The second-order valence-corrected chi connectivity index (χ2v) is 11.1. The van der Waals surface area contributed by atoms with Crippen LogP contribution >= 0.6 is 11.3 Å². The van der Waals surface area contributed by atoms with Gasteiger partial charge >= 0.3 is 5.91 Å². The summed E-state index contributed by atoms with van der Waals surface area (Å²) in [4.78, 5) is 33.3. The van der Waals surface area contributed by atoms with E-state index >= 15 is 0 Å². The molecular formula is C32H32N2O4S. The molecule has 1 aromatic heterocycles. The highest BCUT2D eigenvalue weighted by Crippen LogP contribution is 2.45. The first-order chi connectivity index (χ1) is 18.8. The van der Waals surface area contributed by atoms with Crippen molar-refractivity contribution in [3.63, 3.8) is 0 Å². The molecule has 0 bridgehead atoms. The predicted molar refractivity (Wildman–Crippen MR) is 157 cm³/mol. The van der Waals surface area contributed by atoms with E-state index in [-0.39, 0.29) is 11.3 Å². The number of hydrogen-bond acceptors (Lipinski definition) is 6. The van der Waals surface area contributed by atoms with E-state index in [1.807, 2.05) is 81.4 Å². The second-order valence-electron chi connectivity index (χ2n) is 10.1. The van der Waals surface area contributed by atoms with Gasteiger partial charge in [-0.3, -0.25) is 14.5 Å². The number of benzene rings is 3. The van der Waals surface area contributed by atoms with Gasteiger partial charge < -0.3 is 9.84 Å². The van der Waals surface area contributed by atoms with Crippen LogP contribution in [0.5, 0.6) is 5.75 Å². The molecule has 1 N–H and O–H groups in total. The number of nitrogens with zero attached hydrogens (tertiary/aromatic N) is 2. The topological polar surface area (TPSA) is 79.7 Å². The normalized spacial score (nSPS) is 16.8. The average Bonchev–Trinajstić information content (AvgIpc) is 3.45. The van der Waals surface area contributed by atoms with Gasteiger partial charge in [-0.2, -0.15) is 0 Å². The molecule has 1 fully saturated rings. The summed E-state index contributed by atoms with van der Waals surface area (Å²) < 4.78 is 6.81. The van der Waals surface area contributed by atoms with Crippen LogP contribution in [0.3, 0.4) is 0 Å². The summed E-state index contributed by atoms with van der Waals surface area (Å²) in [6, 6.07) is 18.2. The number of aryl methyl sites for hydroxylation is 3. The van der Waals surface area contributed by atoms with Crippen molar-refractivity contribution in [2.45, 2.75) is 53.0 Å². The molecule has 1 atom stereocenters. The van der Waals surface area contributed by atoms with Gasteiger partial charge in [-0.15, -0.1) is 0 Å². The molecule has 1 unspecified atom stereocenters. The second kappa shape index (κ2) is 11.0. The number of amides is 1. The van der Waals surface area contributed by atoms with Crippen molar-refractivity contribution >= 4 is 44.1 Å². The summed E-state index contributed by atoms with van der Waals surface area (Å²) in [5.41, 5.74) is 4.88. The number of ketones is 1. The SMILES string of the molecule is CCCCCOc1ccc(C2C(=C(O)c3cc(C)ccc3C)C(=O)C(=O)N2c2nc3ccc(C)cc3s2)cc1. The van der Waals surface area contributed by atoms with Gasteiger partial charge in [-0.1, -0.05) is 67.0 Å². The van der Waals surface area contributed by atoms with Crippen LogP contribution in [0.4, 0.5) is 5.13 Å². The smallest absolute Gasteiger partial charge is 0.301 e. The number of carbonyl (C=O) groups is 2. The van der Waals surface area contributed by atoms with Crippen LogP contribution < -0.4 is 9.64 Å². The third-order valence-electron chi connectivity index (χ3n) is 7.04. The van der Waals surface area contributed by atoms with Gasteiger partial charge in [0.25, 0.3) is 5.78 Å². The first-order valence-corrected chi connectivity index (χ1v) is 14.1. The Morgan fingerprint density at radius 3 is 2.44 bits per heavy atom. The van der Waals surface area contributed by atoms with Gasteiger partial charge in [0.15, 0.2) is 5.13 Å². The number of rotatable bonds is 8. The molecule has 5 rings (SSSR count). The standard InChI is InChI=1S/C32H32N2O4S/c1-5-6-7-16-38-23-13-11-22(12-14-23)28-27(29(35)24-17-19(2)8-10-21(24)4)30(36)31(37)34(28)32-33-25-15-9-20(3)18-26(25)39-32/h8-15,17-18,28,35H,5-7,16H2,1-4H3. The molecule has 0 saturated carbocycles. The maximum atomic E-state index is 13.6. The Hall–Kier alpha value is -3.97. The number of Topliss-reactive ketones (excluding diaryl/α,β-unsaturated/α-hetero) is 1. The summed E-state index contributed by atoms with van der Waals surface area (Å²) in [6.07, 6.45) is 3.20. The van der Waals surface area contributed by atoms with Crippen LogP contribution in [-0.2, 0) is 9.59 Å². The molecule has 200 valence electrons. The van der Waals surface area contributed by atoms with E-state index in [9.17, 15) is 14.7 Å². The number of aliphatic hydroxyl groups is 1. The number of carbonyl (C=O) groups excluding carboxylic acids is 2. The lowest BCUT2D eigenvalue weighted by Crippen LogP contribution is -2.29. The summed E-state index contributed by atoms with van der Waals surface area (Å²) >= 11 is 1.36. The molecule has 1 saturated heterocycles. The van der Waals surface area contributed by atoms with E-state index in [1.165, 1.54) is 16.2 Å². The van der Waals surface area contributed by atoms with Gasteiger partial charge in [-0.25, -0.2) is 4.98 Å². The van der Waals surface area contributed by atoms with Gasteiger partial charge in [0.1, 0.15) is 11.5 Å². The minimum Gasteiger partial charge on any atom is -0.507 e. The number of fused-ring (bicyclic) bond motifs is 1. The summed E-state index contributed by atoms with van der Waals surface area (Å²) in [7, 11) is 0. The first kappa shape index (κ1) is 26.6. The van der Waals surface area contributed by atoms with Gasteiger partial charge in [0, 0.05) is 5.56 Å². The number of ether oxygens (including phenoxy) is 1. The Labute approximate surface area is 232 Å². The number of unbranched alkanes of at least 4 members (excludes halogenated alkanes) is 2. The minimum absolute atomic E-state index is 0.0563. The van der Waals surface area contributed by atoms with Crippen molar-refractivity contribution in [3.8, 4) is 5.75 Å². The van der Waals surface area contributed by atoms with Crippen LogP contribution in [0.25, 0.3) is 16.0 Å². The lowest BCUT2D eigenvalue weighted by Gasteiger charge is -2.23. The predicted octanol–water partition coefficient (Wildman–Crippen LogP) is 7.42. The van der Waals surface area contributed by atoms with Gasteiger partial charge in [0.05, 0.1) is 28.4 Å². The highest BCUT2D eigenvalue weighted by Gasteiger charge is 2.48. The molecule has 1 aliphatic rings. The molecule has 2 heterocycles. The molecule has 4 aromatic rings. The fraction of sp³-hybridized carbons (Fsp3) is 0.281. The highest BCUT2D eigenvalue weighted by atomic mass is 32.1. The third-order valence-corrected chi connectivity index (χ3v) is 8.06. The highest BCUT2D eigenvalue weighted by molar-refractivity contribution is 7.22. The molecule has 0 aliphatic carbocycles. The maximum absolute atomic E-state index is 13.6.